The van der Waals surface area contributed by atoms with E-state index >= 15 is 0 Å². The molecule has 2 rings (SSSR count). The molecular weight excluding hydrogens is 252 g/mol. The van der Waals surface area contributed by atoms with E-state index in [1.165, 1.54) is 12.1 Å². The summed E-state index contributed by atoms with van der Waals surface area (Å²) in [6, 6.07) is 13.3. The number of hydrogen-bond acceptors (Lipinski definition) is 3. The van der Waals surface area contributed by atoms with Crippen LogP contribution in [0.25, 0.3) is 0 Å². The quantitative estimate of drug-likeness (QED) is 0.863. The molecule has 0 atom stereocenters. The molecule has 0 spiro atoms. The number of aromatic hydroxyl groups is 1. The summed E-state index contributed by atoms with van der Waals surface area (Å²) in [5.41, 5.74) is 0.881. The number of carbonyl (C=O) groups excluding carboxylic acids is 1. The van der Waals surface area contributed by atoms with Crippen LogP contribution >= 0.6 is 0 Å². The molecule has 0 aromatic heterocycles. The highest BCUT2D eigenvalue weighted by molar-refractivity contribution is 6.09. The van der Waals surface area contributed by atoms with Gasteiger partial charge in [0.1, 0.15) is 17.1 Å². The summed E-state index contributed by atoms with van der Waals surface area (Å²) in [6.07, 6.45) is 0. The molecule has 3 heteroatoms. The normalized spacial score (nSPS) is 11.2. The Morgan fingerprint density at radius 2 is 1.35 bits per heavy atom. The number of phenols is 1. The van der Waals surface area contributed by atoms with Crippen LogP contribution in [-0.4, -0.2) is 16.5 Å². The molecule has 3 nitrogen and oxygen atoms in total. The molecule has 0 radical (unpaired) electrons. The van der Waals surface area contributed by atoms with Crippen molar-refractivity contribution < 1.29 is 14.6 Å². The number of carbonyl (C=O) groups is 1. The van der Waals surface area contributed by atoms with Crippen molar-refractivity contribution in [3.05, 3.63) is 59.7 Å². The molecule has 0 saturated heterocycles. The van der Waals surface area contributed by atoms with Gasteiger partial charge < -0.3 is 9.84 Å². The van der Waals surface area contributed by atoms with Crippen LogP contribution in [0.2, 0.25) is 0 Å². The maximum atomic E-state index is 12.2. The van der Waals surface area contributed by atoms with Crippen molar-refractivity contribution >= 4 is 5.78 Å². The second kappa shape index (κ2) is 5.37. The van der Waals surface area contributed by atoms with Crippen LogP contribution in [0.4, 0.5) is 0 Å². The molecule has 2 aromatic carbocycles. The Morgan fingerprint density at radius 3 is 1.80 bits per heavy atom. The lowest BCUT2D eigenvalue weighted by Gasteiger charge is -2.21. The van der Waals surface area contributed by atoms with Crippen LogP contribution in [-0.2, 0) is 0 Å². The number of phenolic OH excluding ortho intramolecular Hbond substituents is 1. The van der Waals surface area contributed by atoms with Gasteiger partial charge in [-0.05, 0) is 69.3 Å². The van der Waals surface area contributed by atoms with Crippen molar-refractivity contribution in [1.29, 1.82) is 0 Å². The number of ether oxygens (including phenoxy) is 1. The molecule has 0 aliphatic carbocycles. The van der Waals surface area contributed by atoms with Crippen molar-refractivity contribution in [2.75, 3.05) is 0 Å². The van der Waals surface area contributed by atoms with Crippen molar-refractivity contribution in [2.45, 2.75) is 26.4 Å². The minimum Gasteiger partial charge on any atom is -0.508 e. The smallest absolute Gasteiger partial charge is 0.193 e. The number of ketones is 1. The summed E-state index contributed by atoms with van der Waals surface area (Å²) < 4.78 is 5.71. The molecule has 0 unspecified atom stereocenters. The molecule has 0 amide bonds. The lowest BCUT2D eigenvalue weighted by molar-refractivity contribution is 0.103. The highest BCUT2D eigenvalue weighted by atomic mass is 16.5. The van der Waals surface area contributed by atoms with Gasteiger partial charge in [0, 0.05) is 11.1 Å². The van der Waals surface area contributed by atoms with E-state index in [9.17, 15) is 9.90 Å². The van der Waals surface area contributed by atoms with Gasteiger partial charge in [-0.15, -0.1) is 0 Å². The van der Waals surface area contributed by atoms with Gasteiger partial charge in [0.15, 0.2) is 5.78 Å². The Kier molecular flexibility index (Phi) is 3.79. The van der Waals surface area contributed by atoms with E-state index in [0.717, 1.165) is 5.75 Å². The molecule has 0 heterocycles. The summed E-state index contributed by atoms with van der Waals surface area (Å²) in [5, 5.41) is 9.23. The van der Waals surface area contributed by atoms with E-state index in [1.54, 1.807) is 36.4 Å². The second-order valence-electron chi connectivity index (χ2n) is 5.61. The van der Waals surface area contributed by atoms with Crippen LogP contribution in [0.3, 0.4) is 0 Å². The van der Waals surface area contributed by atoms with Gasteiger partial charge in [-0.1, -0.05) is 0 Å². The van der Waals surface area contributed by atoms with Crippen LogP contribution in [0.1, 0.15) is 36.7 Å². The lowest BCUT2D eigenvalue weighted by atomic mass is 10.0. The molecule has 0 bridgehead atoms. The van der Waals surface area contributed by atoms with Crippen LogP contribution in [0.15, 0.2) is 48.5 Å². The highest BCUT2D eigenvalue weighted by Gasteiger charge is 2.13. The van der Waals surface area contributed by atoms with Crippen LogP contribution in [0.5, 0.6) is 11.5 Å². The van der Waals surface area contributed by atoms with E-state index in [2.05, 4.69) is 0 Å². The monoisotopic (exact) mass is 270 g/mol. The third kappa shape index (κ3) is 3.60. The molecule has 104 valence electrons. The fourth-order valence-corrected chi connectivity index (χ4v) is 1.81. The number of hydrogen-bond donors (Lipinski definition) is 1. The predicted molar refractivity (Wildman–Crippen MR) is 78.4 cm³/mol. The zero-order chi connectivity index (χ0) is 14.8. The number of benzene rings is 2. The molecule has 0 aliphatic heterocycles. The summed E-state index contributed by atoms with van der Waals surface area (Å²) in [4.78, 5) is 12.2. The van der Waals surface area contributed by atoms with E-state index in [0.29, 0.717) is 11.1 Å². The Hall–Kier alpha value is -2.29. The predicted octanol–water partition coefficient (Wildman–Crippen LogP) is 3.80. The zero-order valence-electron chi connectivity index (χ0n) is 11.9. The Morgan fingerprint density at radius 1 is 0.900 bits per heavy atom. The third-order valence-corrected chi connectivity index (χ3v) is 2.67. The summed E-state index contributed by atoms with van der Waals surface area (Å²) in [7, 11) is 0. The summed E-state index contributed by atoms with van der Waals surface area (Å²) >= 11 is 0. The second-order valence-corrected chi connectivity index (χ2v) is 5.61. The van der Waals surface area contributed by atoms with E-state index < -0.39 is 0 Å². The lowest BCUT2D eigenvalue weighted by Crippen LogP contribution is -2.22. The third-order valence-electron chi connectivity index (χ3n) is 2.67. The fourth-order valence-electron chi connectivity index (χ4n) is 1.81. The maximum absolute atomic E-state index is 12.2. The van der Waals surface area contributed by atoms with Crippen molar-refractivity contribution in [2.24, 2.45) is 0 Å². The highest BCUT2D eigenvalue weighted by Crippen LogP contribution is 2.20. The van der Waals surface area contributed by atoms with Gasteiger partial charge in [-0.3, -0.25) is 4.79 Å². The molecule has 0 aliphatic rings. The molecular formula is C17H18O3. The molecule has 20 heavy (non-hydrogen) atoms. The van der Waals surface area contributed by atoms with Crippen LogP contribution in [0, 0.1) is 0 Å². The van der Waals surface area contributed by atoms with Gasteiger partial charge in [0.05, 0.1) is 0 Å². The minimum atomic E-state index is -0.261. The molecule has 0 fully saturated rings. The fraction of sp³-hybridized carbons (Fsp3) is 0.235. The molecule has 1 N–H and O–H groups in total. The van der Waals surface area contributed by atoms with Gasteiger partial charge in [-0.2, -0.15) is 0 Å². The summed E-state index contributed by atoms with van der Waals surface area (Å²) in [6.45, 7) is 5.92. The maximum Gasteiger partial charge on any atom is 0.193 e. The van der Waals surface area contributed by atoms with E-state index in [4.69, 9.17) is 4.74 Å². The van der Waals surface area contributed by atoms with E-state index in [-0.39, 0.29) is 17.1 Å². The first-order valence-electron chi connectivity index (χ1n) is 6.48. The van der Waals surface area contributed by atoms with Crippen molar-refractivity contribution in [1.82, 2.24) is 0 Å². The Labute approximate surface area is 118 Å². The average molecular weight is 270 g/mol. The van der Waals surface area contributed by atoms with Gasteiger partial charge in [0.25, 0.3) is 0 Å². The first kappa shape index (κ1) is 14.1. The van der Waals surface area contributed by atoms with Gasteiger partial charge >= 0.3 is 0 Å². The van der Waals surface area contributed by atoms with Crippen molar-refractivity contribution in [3.8, 4) is 11.5 Å². The Balaban J connectivity index is 2.17. The van der Waals surface area contributed by atoms with Crippen LogP contribution < -0.4 is 4.74 Å². The molecule has 0 saturated carbocycles. The number of rotatable bonds is 3. The first-order chi connectivity index (χ1) is 9.35. The average Bonchev–Trinajstić information content (AvgIpc) is 2.38. The minimum absolute atomic E-state index is 0.0766. The topological polar surface area (TPSA) is 46.5 Å². The molecule has 2 aromatic rings. The van der Waals surface area contributed by atoms with Gasteiger partial charge in [-0.25, -0.2) is 0 Å². The standard InChI is InChI=1S/C17H18O3/c1-17(2,3)20-15-10-6-13(7-11-15)16(19)12-4-8-14(18)9-5-12/h4-11,18H,1-3H3. The van der Waals surface area contributed by atoms with Gasteiger partial charge in [0.2, 0.25) is 0 Å². The SMILES string of the molecule is CC(C)(C)Oc1ccc(C(=O)c2ccc(O)cc2)cc1. The van der Waals surface area contributed by atoms with Crippen molar-refractivity contribution in [3.63, 3.8) is 0 Å². The Bertz CT molecular complexity index is 590. The zero-order valence-corrected chi connectivity index (χ0v) is 11.9. The van der Waals surface area contributed by atoms with E-state index in [1.807, 2.05) is 20.8 Å². The summed E-state index contributed by atoms with van der Waals surface area (Å²) in [5.74, 6) is 0.808. The first-order valence-corrected chi connectivity index (χ1v) is 6.48. The largest absolute Gasteiger partial charge is 0.508 e.